The van der Waals surface area contributed by atoms with Crippen molar-refractivity contribution in [2.24, 2.45) is 0 Å². The highest BCUT2D eigenvalue weighted by molar-refractivity contribution is 6.84. The predicted molar refractivity (Wildman–Crippen MR) is 215 cm³/mol. The molecular weight excluding hydrogens is 689 g/mol. The van der Waals surface area contributed by atoms with Crippen LogP contribution < -0.4 is 4.74 Å². The van der Waals surface area contributed by atoms with Crippen LogP contribution in [0.2, 0.25) is 38.3 Å². The number of benzene rings is 2. The Labute approximate surface area is 316 Å². The first kappa shape index (κ1) is 44.9. The molecule has 10 heteroatoms. The highest BCUT2D eigenvalue weighted by atomic mass is 28.4. The van der Waals surface area contributed by atoms with Crippen molar-refractivity contribution in [2.75, 3.05) is 26.4 Å². The van der Waals surface area contributed by atoms with E-state index in [0.717, 1.165) is 56.6 Å². The van der Waals surface area contributed by atoms with Gasteiger partial charge < -0.3 is 23.1 Å². The Morgan fingerprint density at radius 1 is 0.538 bits per heavy atom. The van der Waals surface area contributed by atoms with Crippen molar-refractivity contribution in [3.63, 3.8) is 0 Å². The quantitative estimate of drug-likeness (QED) is 0.0266. The first-order valence-corrected chi connectivity index (χ1v) is 25.8. The zero-order valence-corrected chi connectivity index (χ0v) is 34.8. The maximum Gasteiger partial charge on any atom is 0.338 e. The number of hydrogen-bond donors (Lipinski definition) is 0. The molecule has 0 aromatic heterocycles. The maximum atomic E-state index is 12.5. The van der Waals surface area contributed by atoms with Gasteiger partial charge in [0.15, 0.2) is 16.6 Å². The second-order valence-electron chi connectivity index (χ2n) is 15.0. The van der Waals surface area contributed by atoms with Crippen LogP contribution in [0.3, 0.4) is 0 Å². The smallest absolute Gasteiger partial charge is 0.338 e. The molecule has 0 saturated heterocycles. The topological polar surface area (TPSA) is 97.4 Å². The van der Waals surface area contributed by atoms with Gasteiger partial charge in [0.05, 0.1) is 37.6 Å². The fourth-order valence-electron chi connectivity index (χ4n) is 6.07. The average molecular weight is 755 g/mol. The lowest BCUT2D eigenvalue weighted by Gasteiger charge is -2.34. The molecule has 0 amide bonds. The Morgan fingerprint density at radius 2 is 0.923 bits per heavy atom. The van der Waals surface area contributed by atoms with Crippen molar-refractivity contribution in [3.05, 3.63) is 77.9 Å². The number of esters is 3. The van der Waals surface area contributed by atoms with Gasteiger partial charge in [-0.2, -0.15) is 0 Å². The minimum atomic E-state index is -1.78. The van der Waals surface area contributed by atoms with Gasteiger partial charge >= 0.3 is 17.9 Å². The van der Waals surface area contributed by atoms with Crippen LogP contribution in [0.5, 0.6) is 5.75 Å². The molecule has 8 nitrogen and oxygen atoms in total. The molecule has 0 aliphatic rings. The fraction of sp³-hybridized carbons (Fsp3) is 0.595. The molecule has 0 radical (unpaired) electrons. The fourth-order valence-corrected chi connectivity index (χ4v) is 15.1. The van der Waals surface area contributed by atoms with Gasteiger partial charge in [-0.15, -0.1) is 0 Å². The molecule has 0 saturated carbocycles. The van der Waals surface area contributed by atoms with Crippen molar-refractivity contribution in [1.82, 2.24) is 0 Å². The molecule has 0 aliphatic heterocycles. The number of unbranched alkanes of at least 4 members (excludes halogenated alkanes) is 11. The second-order valence-corrected chi connectivity index (χ2v) is 23.8. The summed E-state index contributed by atoms with van der Waals surface area (Å²) in [5, 5.41) is 0. The lowest BCUT2D eigenvalue weighted by Crippen LogP contribution is -2.44. The Morgan fingerprint density at radius 3 is 1.44 bits per heavy atom. The maximum absolute atomic E-state index is 12.5. The summed E-state index contributed by atoms with van der Waals surface area (Å²) in [5.41, 5.74) is 2.29. The lowest BCUT2D eigenvalue weighted by molar-refractivity contribution is -0.137. The zero-order valence-electron chi connectivity index (χ0n) is 32.8. The van der Waals surface area contributed by atoms with Crippen LogP contribution in [-0.2, 0) is 23.1 Å². The summed E-state index contributed by atoms with van der Waals surface area (Å²) in [4.78, 5) is 35.6. The molecule has 2 aromatic carbocycles. The second kappa shape index (κ2) is 25.7. The highest BCUT2D eigenvalue weighted by Crippen LogP contribution is 2.26. The molecule has 0 bridgehead atoms. The van der Waals surface area contributed by atoms with E-state index < -0.39 is 22.6 Å². The van der Waals surface area contributed by atoms with Crippen molar-refractivity contribution < 1.29 is 37.4 Å². The summed E-state index contributed by atoms with van der Waals surface area (Å²) in [7, 11) is -3.49. The lowest BCUT2D eigenvalue weighted by atomic mass is 10.1. The zero-order chi connectivity index (χ0) is 38.1. The Hall–Kier alpha value is -3.22. The van der Waals surface area contributed by atoms with Gasteiger partial charge in [0, 0.05) is 6.08 Å². The van der Waals surface area contributed by atoms with E-state index in [9.17, 15) is 14.4 Å². The summed E-state index contributed by atoms with van der Waals surface area (Å²) in [6.07, 6.45) is 16.4. The van der Waals surface area contributed by atoms with Gasteiger partial charge in [0.2, 0.25) is 0 Å². The molecule has 0 heterocycles. The van der Waals surface area contributed by atoms with Crippen LogP contribution >= 0.6 is 0 Å². The molecule has 0 unspecified atom stereocenters. The number of carbonyl (C=O) groups excluding carboxylic acids is 3. The minimum Gasteiger partial charge on any atom is -0.494 e. The number of rotatable bonds is 29. The van der Waals surface area contributed by atoms with Crippen molar-refractivity contribution in [1.29, 1.82) is 0 Å². The first-order valence-electron chi connectivity index (χ1n) is 19.5. The number of carbonyl (C=O) groups is 3. The molecule has 52 heavy (non-hydrogen) atoms. The first-order chi connectivity index (χ1) is 24.9. The summed E-state index contributed by atoms with van der Waals surface area (Å²) in [5.74, 6) is -0.217. The monoisotopic (exact) mass is 754 g/mol. The van der Waals surface area contributed by atoms with E-state index in [2.05, 4.69) is 32.8 Å². The van der Waals surface area contributed by atoms with Gasteiger partial charge in [-0.25, -0.2) is 14.4 Å². The Kier molecular flexibility index (Phi) is 22.2. The number of ether oxygens (including phenoxy) is 4. The van der Waals surface area contributed by atoms with Crippen LogP contribution in [0.1, 0.15) is 116 Å². The third-order valence-corrected chi connectivity index (χ3v) is 16.5. The van der Waals surface area contributed by atoms with Gasteiger partial charge in [-0.3, -0.25) is 0 Å². The van der Waals surface area contributed by atoms with E-state index in [-0.39, 0.29) is 11.9 Å². The summed E-state index contributed by atoms with van der Waals surface area (Å²) in [6.45, 7) is 16.6. The largest absolute Gasteiger partial charge is 0.494 e. The van der Waals surface area contributed by atoms with Crippen molar-refractivity contribution >= 4 is 34.5 Å². The molecule has 2 aromatic rings. The summed E-state index contributed by atoms with van der Waals surface area (Å²) < 4.78 is 28.5. The Balaban J connectivity index is 1.45. The third kappa shape index (κ3) is 21.3. The summed E-state index contributed by atoms with van der Waals surface area (Å²) >= 11 is 0. The molecular formula is C42H66O8Si2. The van der Waals surface area contributed by atoms with Crippen LogP contribution in [-0.4, -0.2) is 61.0 Å². The van der Waals surface area contributed by atoms with E-state index in [1.165, 1.54) is 57.1 Å². The molecule has 0 spiro atoms. The Bertz CT molecular complexity index is 1310. The van der Waals surface area contributed by atoms with Gasteiger partial charge in [0.1, 0.15) is 5.75 Å². The predicted octanol–water partition coefficient (Wildman–Crippen LogP) is 11.0. The average Bonchev–Trinajstić information content (AvgIpc) is 3.11. The minimum absolute atomic E-state index is 0.225. The van der Waals surface area contributed by atoms with Crippen molar-refractivity contribution in [3.8, 4) is 5.75 Å². The van der Waals surface area contributed by atoms with E-state index in [0.29, 0.717) is 43.3 Å². The van der Waals surface area contributed by atoms with Crippen LogP contribution in [0, 0.1) is 6.92 Å². The van der Waals surface area contributed by atoms with Crippen LogP contribution in [0.4, 0.5) is 0 Å². The molecule has 0 atom stereocenters. The van der Waals surface area contributed by atoms with Gasteiger partial charge in [-0.05, 0) is 114 Å². The normalized spacial score (nSPS) is 11.6. The van der Waals surface area contributed by atoms with Gasteiger partial charge in [-0.1, -0.05) is 82.1 Å². The van der Waals surface area contributed by atoms with E-state index in [1.807, 2.05) is 31.2 Å². The standard InChI is InChI=1S/C42H66O8Si2/c1-7-40(43)47-31-18-15-17-30-46-39-28-26-38(27-29-39)42(45)49-33-19-21-35-52(5,6)50-51(3,4)34-20-14-12-10-8-9-11-13-16-32-48-41(44)37-24-22-36(2)23-25-37/h7,22-29H,1,8-21,30-35H2,2-6H3. The van der Waals surface area contributed by atoms with E-state index >= 15 is 0 Å². The molecule has 0 N–H and O–H groups in total. The SMILES string of the molecule is C=CC(=O)OCCCCCOc1ccc(C(=O)OCCCC[Si](C)(C)O[Si](C)(C)CCCCCCCCCCCOC(=O)c2ccc(C)cc2)cc1. The van der Waals surface area contributed by atoms with Crippen LogP contribution in [0.15, 0.2) is 61.2 Å². The highest BCUT2D eigenvalue weighted by Gasteiger charge is 2.32. The van der Waals surface area contributed by atoms with Crippen molar-refractivity contribution in [2.45, 2.75) is 135 Å². The molecule has 2 rings (SSSR count). The van der Waals surface area contributed by atoms with E-state index in [1.54, 1.807) is 24.3 Å². The third-order valence-electron chi connectivity index (χ3n) is 8.96. The van der Waals surface area contributed by atoms with E-state index in [4.69, 9.17) is 23.1 Å². The summed E-state index contributed by atoms with van der Waals surface area (Å²) in [6, 6.07) is 16.9. The number of hydrogen-bond acceptors (Lipinski definition) is 8. The van der Waals surface area contributed by atoms with Gasteiger partial charge in [0.25, 0.3) is 0 Å². The molecule has 0 aliphatic carbocycles. The molecule has 0 fully saturated rings. The molecule has 290 valence electrons. The number of aryl methyl sites for hydroxylation is 1. The van der Waals surface area contributed by atoms with Crippen LogP contribution in [0.25, 0.3) is 0 Å².